The van der Waals surface area contributed by atoms with Gasteiger partial charge < -0.3 is 0 Å². The fourth-order valence-electron chi connectivity index (χ4n) is 0. The van der Waals surface area contributed by atoms with Crippen LogP contribution in [0.25, 0.3) is 0 Å². The summed E-state index contributed by atoms with van der Waals surface area (Å²) in [6, 6.07) is 0. The van der Waals surface area contributed by atoms with E-state index in [1.165, 1.54) is 0 Å². The fraction of sp³-hybridized carbons (Fsp3) is 1.00. The largest absolute Gasteiger partial charge is 0.297 e. The maximum absolute atomic E-state index is 4.51. The maximum atomic E-state index is 4.51. The van der Waals surface area contributed by atoms with Crippen LogP contribution >= 0.6 is 21.1 Å². The number of hydrogen-bond acceptors (Lipinski definition) is 2. The van der Waals surface area contributed by atoms with Crippen molar-refractivity contribution in [3.05, 3.63) is 0 Å². The van der Waals surface area contributed by atoms with Crippen LogP contribution in [0.5, 0.6) is 0 Å². The van der Waals surface area contributed by atoms with Crippen LogP contribution in [0.1, 0.15) is 0 Å². The molecule has 0 aliphatic heterocycles. The Bertz CT molecular complexity index is 23.6. The first-order chi connectivity index (χ1) is 2.27. The Morgan fingerprint density at radius 1 is 1.60 bits per heavy atom. The highest BCUT2D eigenvalue weighted by atomic mass is 32.1. The van der Waals surface area contributed by atoms with Gasteiger partial charge in [0.15, 0.2) is 0 Å². The van der Waals surface area contributed by atoms with Gasteiger partial charge in [0.25, 0.3) is 0 Å². The van der Waals surface area contributed by atoms with Gasteiger partial charge in [-0.1, -0.05) is 0 Å². The molecule has 0 saturated carbocycles. The van der Waals surface area contributed by atoms with E-state index in [0.717, 1.165) is 0 Å². The lowest BCUT2D eigenvalue weighted by Crippen LogP contribution is -1.56. The normalized spacial score (nSPS) is 9.60. The van der Waals surface area contributed by atoms with Crippen molar-refractivity contribution in [2.75, 3.05) is 13.3 Å². The Balaban J connectivity index is 2.54. The summed E-state index contributed by atoms with van der Waals surface area (Å²) in [5.41, 5.74) is 0. The topological polar surface area (TPSA) is 9.23 Å². The first-order valence-electron chi connectivity index (χ1n) is 1.26. The molecular formula is C2H7OPS. The van der Waals surface area contributed by atoms with Crippen LogP contribution in [0.15, 0.2) is 0 Å². The first-order valence-corrected chi connectivity index (χ1v) is 3.78. The highest BCUT2D eigenvalue weighted by molar-refractivity contribution is 7.81. The van der Waals surface area contributed by atoms with Crippen molar-refractivity contribution in [2.45, 2.75) is 0 Å². The van der Waals surface area contributed by atoms with E-state index < -0.39 is 0 Å². The van der Waals surface area contributed by atoms with E-state index in [1.807, 2.05) is 13.3 Å². The predicted octanol–water partition coefficient (Wildman–Crippen LogP) is 1.50. The molecule has 0 aliphatic rings. The molecule has 0 aromatic carbocycles. The molecule has 3 heteroatoms. The molecule has 0 radical (unpaired) electrons. The van der Waals surface area contributed by atoms with Gasteiger partial charge in [-0.15, -0.1) is 0 Å². The van der Waals surface area contributed by atoms with Crippen molar-refractivity contribution in [3.63, 3.8) is 0 Å². The molecule has 0 heterocycles. The minimum Gasteiger partial charge on any atom is -0.297 e. The van der Waals surface area contributed by atoms with Gasteiger partial charge in [0.05, 0.1) is 0 Å². The van der Waals surface area contributed by atoms with Crippen molar-refractivity contribution >= 4 is 21.1 Å². The lowest BCUT2D eigenvalue weighted by atomic mass is 11.9. The Labute approximate surface area is 39.2 Å². The summed E-state index contributed by atoms with van der Waals surface area (Å²) in [7, 11) is -0.234. The quantitative estimate of drug-likeness (QED) is 0.306. The molecule has 0 spiro atoms. The van der Waals surface area contributed by atoms with Gasteiger partial charge in [-0.2, -0.15) is 0 Å². The average molecular weight is 110 g/mol. The van der Waals surface area contributed by atoms with Gasteiger partial charge in [0.1, 0.15) is 0 Å². The maximum Gasteiger partial charge on any atom is 0.0396 e. The lowest BCUT2D eigenvalue weighted by molar-refractivity contribution is 0.746. The van der Waals surface area contributed by atoms with Gasteiger partial charge in [0.2, 0.25) is 0 Å². The Hall–Kier alpha value is 0.740. The second kappa shape index (κ2) is 2.95. The molecule has 0 aromatic heterocycles. The van der Waals surface area contributed by atoms with Crippen molar-refractivity contribution in [2.24, 2.45) is 0 Å². The summed E-state index contributed by atoms with van der Waals surface area (Å²) in [5.74, 6) is 0. The minimum atomic E-state index is -0.234. The molecule has 0 rings (SSSR count). The fourth-order valence-corrected chi connectivity index (χ4v) is 0. The van der Waals surface area contributed by atoms with Crippen LogP contribution in [-0.2, 0) is 3.97 Å². The molecule has 0 unspecified atom stereocenters. The third-order valence-electron chi connectivity index (χ3n) is 0.163. The summed E-state index contributed by atoms with van der Waals surface area (Å²) in [6.07, 6.45) is 0. The van der Waals surface area contributed by atoms with Gasteiger partial charge in [-0.3, -0.25) is 3.97 Å². The molecule has 1 nitrogen and oxygen atoms in total. The van der Waals surface area contributed by atoms with E-state index in [1.54, 1.807) is 0 Å². The highest BCUT2D eigenvalue weighted by Crippen LogP contribution is 2.26. The molecule has 0 saturated heterocycles. The van der Waals surface area contributed by atoms with Crippen molar-refractivity contribution in [3.8, 4) is 0 Å². The Morgan fingerprint density at radius 3 is 1.80 bits per heavy atom. The Kier molecular flexibility index (Phi) is 3.39. The molecule has 0 aromatic rings. The summed E-state index contributed by atoms with van der Waals surface area (Å²) in [6.45, 7) is 3.98. The summed E-state index contributed by atoms with van der Waals surface area (Å²) >= 11 is 3.54. The van der Waals surface area contributed by atoms with Crippen LogP contribution in [0, 0.1) is 0 Å². The van der Waals surface area contributed by atoms with Crippen molar-refractivity contribution in [1.29, 1.82) is 0 Å². The molecule has 0 amide bonds. The zero-order valence-corrected chi connectivity index (χ0v) is 5.09. The SMILES string of the molecule is CP(C)OS. The van der Waals surface area contributed by atoms with E-state index in [0.29, 0.717) is 0 Å². The second-order valence-electron chi connectivity index (χ2n) is 0.894. The van der Waals surface area contributed by atoms with Crippen LogP contribution in [0.3, 0.4) is 0 Å². The van der Waals surface area contributed by atoms with Gasteiger partial charge in [-0.05, 0) is 26.2 Å². The van der Waals surface area contributed by atoms with Gasteiger partial charge in [-0.25, -0.2) is 0 Å². The monoisotopic (exact) mass is 110 g/mol. The minimum absolute atomic E-state index is 0.234. The van der Waals surface area contributed by atoms with E-state index in [2.05, 4.69) is 16.9 Å². The first kappa shape index (κ1) is 5.74. The standard InChI is InChI=1S/C2H7OPS/c1-4(2)3-5/h5H,1-2H3. The van der Waals surface area contributed by atoms with E-state index in [9.17, 15) is 0 Å². The third-order valence-corrected chi connectivity index (χ3v) is 1.47. The predicted molar refractivity (Wildman–Crippen MR) is 28.8 cm³/mol. The smallest absolute Gasteiger partial charge is 0.0396 e. The van der Waals surface area contributed by atoms with Gasteiger partial charge in [0, 0.05) is 8.15 Å². The molecule has 32 valence electrons. The number of hydrogen-bond donors (Lipinski definition) is 1. The van der Waals surface area contributed by atoms with Crippen LogP contribution < -0.4 is 0 Å². The highest BCUT2D eigenvalue weighted by Gasteiger charge is 1.79. The average Bonchev–Trinajstić information content (AvgIpc) is 1.38. The molecule has 0 fully saturated rings. The molecule has 0 bridgehead atoms. The third kappa shape index (κ3) is 4.74. The number of rotatable bonds is 1. The van der Waals surface area contributed by atoms with Crippen molar-refractivity contribution < 1.29 is 3.97 Å². The summed E-state index contributed by atoms with van der Waals surface area (Å²) in [5, 5.41) is 0. The molecule has 5 heavy (non-hydrogen) atoms. The van der Waals surface area contributed by atoms with E-state index in [-0.39, 0.29) is 8.15 Å². The van der Waals surface area contributed by atoms with E-state index in [4.69, 9.17) is 0 Å². The molecule has 0 N–H and O–H groups in total. The van der Waals surface area contributed by atoms with Crippen LogP contribution in [0.4, 0.5) is 0 Å². The van der Waals surface area contributed by atoms with E-state index >= 15 is 0 Å². The lowest BCUT2D eigenvalue weighted by Gasteiger charge is -1.92. The number of thiol groups is 1. The van der Waals surface area contributed by atoms with Crippen LogP contribution in [-0.4, -0.2) is 13.3 Å². The zero-order chi connectivity index (χ0) is 4.28. The Morgan fingerprint density at radius 2 is 1.80 bits per heavy atom. The molecular weight excluding hydrogens is 103 g/mol. The zero-order valence-electron chi connectivity index (χ0n) is 3.30. The molecule has 0 atom stereocenters. The van der Waals surface area contributed by atoms with Crippen molar-refractivity contribution in [1.82, 2.24) is 0 Å². The van der Waals surface area contributed by atoms with Gasteiger partial charge >= 0.3 is 0 Å². The van der Waals surface area contributed by atoms with Crippen LogP contribution in [0.2, 0.25) is 0 Å². The second-order valence-corrected chi connectivity index (χ2v) is 3.17. The molecule has 0 aliphatic carbocycles. The summed E-state index contributed by atoms with van der Waals surface area (Å²) in [4.78, 5) is 0. The summed E-state index contributed by atoms with van der Waals surface area (Å²) < 4.78 is 4.51.